The molecule has 2 aromatic heterocycles. The highest BCUT2D eigenvalue weighted by Gasteiger charge is 2.21. The van der Waals surface area contributed by atoms with Crippen LogP contribution in [0.4, 0.5) is 9.93 Å². The molecule has 2 heterocycles. The molecule has 0 bridgehead atoms. The molecule has 0 aromatic carbocycles. The summed E-state index contributed by atoms with van der Waals surface area (Å²) in [6.07, 6.45) is 4.01. The fourth-order valence-corrected chi connectivity index (χ4v) is 2.94. The van der Waals surface area contributed by atoms with E-state index >= 15 is 0 Å². The Morgan fingerprint density at radius 1 is 1.42 bits per heavy atom. The first kappa shape index (κ1) is 18.4. The lowest BCUT2D eigenvalue weighted by Crippen LogP contribution is -2.41. The maximum Gasteiger partial charge on any atom is 0.323 e. The fraction of sp³-hybridized carbons (Fsp3) is 0.471. The molecular weight excluding hydrogens is 324 g/mol. The van der Waals surface area contributed by atoms with E-state index in [2.05, 4.69) is 36.1 Å². The highest BCUT2D eigenvalue weighted by atomic mass is 32.1. The third-order valence-electron chi connectivity index (χ3n) is 3.21. The van der Waals surface area contributed by atoms with Crippen LogP contribution >= 0.6 is 11.3 Å². The molecule has 0 spiro atoms. The average Bonchev–Trinajstić information content (AvgIpc) is 2.99. The lowest BCUT2D eigenvalue weighted by molar-refractivity contribution is 0.176. The van der Waals surface area contributed by atoms with Crippen LogP contribution in [0.2, 0.25) is 0 Å². The van der Waals surface area contributed by atoms with Gasteiger partial charge in [0.05, 0.1) is 5.69 Å². The lowest BCUT2D eigenvalue weighted by Gasteiger charge is -2.29. The number of urea groups is 1. The summed E-state index contributed by atoms with van der Waals surface area (Å²) >= 11 is 1.39. The van der Waals surface area contributed by atoms with Gasteiger partial charge in [-0.25, -0.2) is 9.78 Å². The molecule has 2 rings (SSSR count). The third-order valence-corrected chi connectivity index (χ3v) is 3.97. The Morgan fingerprint density at radius 3 is 2.83 bits per heavy atom. The second-order valence-corrected chi connectivity index (χ2v) is 7.63. The van der Waals surface area contributed by atoms with E-state index in [0.29, 0.717) is 24.6 Å². The summed E-state index contributed by atoms with van der Waals surface area (Å²) in [7, 11) is 0. The van der Waals surface area contributed by atoms with Gasteiger partial charge < -0.3 is 10.0 Å². The van der Waals surface area contributed by atoms with Crippen LogP contribution in [0.25, 0.3) is 11.3 Å². The van der Waals surface area contributed by atoms with Crippen LogP contribution in [0, 0.1) is 5.41 Å². The topological polar surface area (TPSA) is 78.4 Å². The number of aliphatic hydroxyl groups excluding tert-OH is 1. The van der Waals surface area contributed by atoms with Crippen LogP contribution in [-0.4, -0.2) is 45.7 Å². The number of hydrogen-bond donors (Lipinski definition) is 2. The van der Waals surface area contributed by atoms with Gasteiger partial charge in [0.1, 0.15) is 0 Å². The zero-order valence-electron chi connectivity index (χ0n) is 14.3. The molecule has 24 heavy (non-hydrogen) atoms. The Hall–Kier alpha value is -1.99. The standard InChI is InChI=1S/C17H24N4O2S/c1-17(2,3)12-21(8-5-9-22)16(23)20-15-19-14(11-24-15)13-6-4-7-18-10-13/h4,6-7,10-11,22H,5,8-9,12H2,1-3H3,(H,19,20,23). The Bertz CT molecular complexity index is 652. The van der Waals surface area contributed by atoms with Crippen LogP contribution in [0.5, 0.6) is 0 Å². The molecule has 0 aliphatic heterocycles. The second kappa shape index (κ2) is 8.21. The summed E-state index contributed by atoms with van der Waals surface area (Å²) in [5, 5.41) is 14.4. The smallest absolute Gasteiger partial charge is 0.323 e. The van der Waals surface area contributed by atoms with E-state index in [-0.39, 0.29) is 18.1 Å². The summed E-state index contributed by atoms with van der Waals surface area (Å²) < 4.78 is 0. The molecule has 2 amide bonds. The van der Waals surface area contributed by atoms with E-state index in [4.69, 9.17) is 5.11 Å². The van der Waals surface area contributed by atoms with Gasteiger partial charge in [-0.15, -0.1) is 11.3 Å². The van der Waals surface area contributed by atoms with E-state index in [1.807, 2.05) is 17.5 Å². The van der Waals surface area contributed by atoms with Crippen LogP contribution in [0.1, 0.15) is 27.2 Å². The number of anilines is 1. The Labute approximate surface area is 146 Å². The van der Waals surface area contributed by atoms with E-state index in [1.54, 1.807) is 17.3 Å². The molecule has 0 unspecified atom stereocenters. The van der Waals surface area contributed by atoms with Crippen molar-refractivity contribution in [3.63, 3.8) is 0 Å². The largest absolute Gasteiger partial charge is 0.396 e. The summed E-state index contributed by atoms with van der Waals surface area (Å²) in [6.45, 7) is 7.43. The monoisotopic (exact) mass is 348 g/mol. The first-order valence-corrected chi connectivity index (χ1v) is 8.80. The number of amides is 2. The molecule has 0 atom stereocenters. The second-order valence-electron chi connectivity index (χ2n) is 6.77. The summed E-state index contributed by atoms with van der Waals surface area (Å²) in [5.74, 6) is 0. The number of nitrogens with one attached hydrogen (secondary N) is 1. The van der Waals surface area contributed by atoms with Crippen molar-refractivity contribution in [1.29, 1.82) is 0 Å². The van der Waals surface area contributed by atoms with E-state index in [9.17, 15) is 4.79 Å². The molecule has 2 aromatic rings. The van der Waals surface area contributed by atoms with Gasteiger partial charge in [-0.05, 0) is 24.0 Å². The highest BCUT2D eigenvalue weighted by molar-refractivity contribution is 7.14. The molecule has 130 valence electrons. The van der Waals surface area contributed by atoms with Crippen molar-refractivity contribution in [2.24, 2.45) is 5.41 Å². The zero-order chi connectivity index (χ0) is 17.6. The van der Waals surface area contributed by atoms with Gasteiger partial charge in [0.15, 0.2) is 5.13 Å². The SMILES string of the molecule is CC(C)(C)CN(CCCO)C(=O)Nc1nc(-c2cccnc2)cs1. The molecule has 0 fully saturated rings. The maximum absolute atomic E-state index is 12.5. The quantitative estimate of drug-likeness (QED) is 0.838. The van der Waals surface area contributed by atoms with Crippen molar-refractivity contribution >= 4 is 22.5 Å². The molecule has 0 radical (unpaired) electrons. The van der Waals surface area contributed by atoms with Crippen molar-refractivity contribution in [3.05, 3.63) is 29.9 Å². The van der Waals surface area contributed by atoms with Crippen molar-refractivity contribution in [1.82, 2.24) is 14.9 Å². The number of carbonyl (C=O) groups excluding carboxylic acids is 1. The third kappa shape index (κ3) is 5.58. The molecule has 0 saturated carbocycles. The van der Waals surface area contributed by atoms with E-state index in [1.165, 1.54) is 11.3 Å². The fourth-order valence-electron chi connectivity index (χ4n) is 2.24. The molecular formula is C17H24N4O2S. The van der Waals surface area contributed by atoms with Gasteiger partial charge in [-0.3, -0.25) is 10.3 Å². The summed E-state index contributed by atoms with van der Waals surface area (Å²) in [6, 6.07) is 3.60. The van der Waals surface area contributed by atoms with Gasteiger partial charge in [0.25, 0.3) is 0 Å². The zero-order valence-corrected chi connectivity index (χ0v) is 15.1. The van der Waals surface area contributed by atoms with Crippen molar-refractivity contribution in [2.75, 3.05) is 25.0 Å². The number of pyridine rings is 1. The normalized spacial score (nSPS) is 11.3. The van der Waals surface area contributed by atoms with Crippen molar-refractivity contribution in [3.8, 4) is 11.3 Å². The molecule has 7 heteroatoms. The lowest BCUT2D eigenvalue weighted by atomic mass is 9.96. The van der Waals surface area contributed by atoms with E-state index < -0.39 is 0 Å². The van der Waals surface area contributed by atoms with Crippen LogP contribution < -0.4 is 5.32 Å². The molecule has 0 aliphatic carbocycles. The number of aromatic nitrogens is 2. The Morgan fingerprint density at radius 2 is 2.21 bits per heavy atom. The van der Waals surface area contributed by atoms with E-state index in [0.717, 1.165) is 11.3 Å². The minimum atomic E-state index is -0.189. The first-order valence-electron chi connectivity index (χ1n) is 7.92. The van der Waals surface area contributed by atoms with Crippen LogP contribution in [0.15, 0.2) is 29.9 Å². The summed E-state index contributed by atoms with van der Waals surface area (Å²) in [4.78, 5) is 22.8. The molecule has 2 N–H and O–H groups in total. The summed E-state index contributed by atoms with van der Waals surface area (Å²) in [5.41, 5.74) is 1.69. The number of rotatable bonds is 6. The number of hydrogen-bond acceptors (Lipinski definition) is 5. The Balaban J connectivity index is 2.05. The van der Waals surface area contributed by atoms with Crippen LogP contribution in [-0.2, 0) is 0 Å². The van der Waals surface area contributed by atoms with Crippen molar-refractivity contribution in [2.45, 2.75) is 27.2 Å². The first-order chi connectivity index (χ1) is 11.4. The molecule has 6 nitrogen and oxygen atoms in total. The van der Waals surface area contributed by atoms with Gasteiger partial charge in [0, 0.05) is 43.0 Å². The number of aliphatic hydroxyl groups is 1. The van der Waals surface area contributed by atoms with Gasteiger partial charge in [0.2, 0.25) is 0 Å². The number of carbonyl (C=O) groups is 1. The minimum absolute atomic E-state index is 0.0173. The predicted molar refractivity (Wildman–Crippen MR) is 97.1 cm³/mol. The van der Waals surface area contributed by atoms with Crippen LogP contribution in [0.3, 0.4) is 0 Å². The predicted octanol–water partition coefficient (Wildman–Crippen LogP) is 3.47. The number of nitrogens with zero attached hydrogens (tertiary/aromatic N) is 3. The van der Waals surface area contributed by atoms with Gasteiger partial charge in [-0.1, -0.05) is 20.8 Å². The molecule has 0 saturated heterocycles. The van der Waals surface area contributed by atoms with Gasteiger partial charge in [-0.2, -0.15) is 0 Å². The van der Waals surface area contributed by atoms with Crippen molar-refractivity contribution < 1.29 is 9.90 Å². The minimum Gasteiger partial charge on any atom is -0.396 e. The highest BCUT2D eigenvalue weighted by Crippen LogP contribution is 2.24. The van der Waals surface area contributed by atoms with Gasteiger partial charge >= 0.3 is 6.03 Å². The maximum atomic E-state index is 12.5. The molecule has 0 aliphatic rings. The Kier molecular flexibility index (Phi) is 6.28. The average molecular weight is 348 g/mol. The number of thiazole rings is 1.